The maximum Gasteiger partial charge on any atom is 0.251 e. The van der Waals surface area contributed by atoms with Gasteiger partial charge in [-0.1, -0.05) is 61.9 Å². The van der Waals surface area contributed by atoms with Crippen LogP contribution in [0.4, 0.5) is 5.69 Å². The minimum Gasteiger partial charge on any atom is -0.329 e. The SMILES string of the molecule is Cc1ccc([C@@H](C(=O)Nc2ccc(C(C)C)cc2)N(C)C(=O)Cc2cccs2)cc1. The molecule has 0 bridgehead atoms. The third-order valence-electron chi connectivity index (χ3n) is 5.17. The van der Waals surface area contributed by atoms with E-state index < -0.39 is 6.04 Å². The second-order valence-electron chi connectivity index (χ2n) is 7.84. The molecule has 0 unspecified atom stereocenters. The van der Waals surface area contributed by atoms with Crippen LogP contribution in [0.15, 0.2) is 66.0 Å². The summed E-state index contributed by atoms with van der Waals surface area (Å²) in [5.41, 5.74) is 3.83. The van der Waals surface area contributed by atoms with Crippen molar-refractivity contribution in [3.8, 4) is 0 Å². The van der Waals surface area contributed by atoms with E-state index in [9.17, 15) is 9.59 Å². The summed E-state index contributed by atoms with van der Waals surface area (Å²) >= 11 is 1.54. The number of amides is 2. The van der Waals surface area contributed by atoms with Crippen LogP contribution in [0.3, 0.4) is 0 Å². The Morgan fingerprint density at radius 1 is 0.967 bits per heavy atom. The number of nitrogens with zero attached hydrogens (tertiary/aromatic N) is 1. The lowest BCUT2D eigenvalue weighted by Crippen LogP contribution is -2.39. The standard InChI is InChI=1S/C25H28N2O2S/c1-17(2)19-11-13-21(14-12-19)26-25(29)24(20-9-7-18(3)8-10-20)27(4)23(28)16-22-6-5-15-30-22/h5-15,17,24H,16H2,1-4H3,(H,26,29)/t24-/m0/s1. The van der Waals surface area contributed by atoms with Gasteiger partial charge in [-0.15, -0.1) is 11.3 Å². The third kappa shape index (κ3) is 5.36. The van der Waals surface area contributed by atoms with Crippen molar-refractivity contribution in [2.75, 3.05) is 12.4 Å². The molecular weight excluding hydrogens is 392 g/mol. The predicted octanol–water partition coefficient (Wildman–Crippen LogP) is 5.56. The minimum absolute atomic E-state index is 0.0895. The van der Waals surface area contributed by atoms with Crippen molar-refractivity contribution in [3.05, 3.63) is 87.6 Å². The minimum atomic E-state index is -0.706. The monoisotopic (exact) mass is 420 g/mol. The molecule has 0 aliphatic carbocycles. The molecule has 1 N–H and O–H groups in total. The van der Waals surface area contributed by atoms with Crippen molar-refractivity contribution in [3.63, 3.8) is 0 Å². The zero-order valence-corrected chi connectivity index (χ0v) is 18.7. The van der Waals surface area contributed by atoms with Gasteiger partial charge < -0.3 is 10.2 Å². The van der Waals surface area contributed by atoms with Gasteiger partial charge in [-0.05, 0) is 47.5 Å². The number of aryl methyl sites for hydroxylation is 1. The smallest absolute Gasteiger partial charge is 0.251 e. The first kappa shape index (κ1) is 21.8. The third-order valence-corrected chi connectivity index (χ3v) is 6.05. The fraction of sp³-hybridized carbons (Fsp3) is 0.280. The van der Waals surface area contributed by atoms with Gasteiger partial charge in [0.15, 0.2) is 0 Å². The molecule has 0 aliphatic heterocycles. The van der Waals surface area contributed by atoms with Crippen LogP contribution < -0.4 is 5.32 Å². The lowest BCUT2D eigenvalue weighted by Gasteiger charge is -2.28. The lowest BCUT2D eigenvalue weighted by atomic mass is 10.0. The van der Waals surface area contributed by atoms with Crippen molar-refractivity contribution in [1.82, 2.24) is 4.90 Å². The van der Waals surface area contributed by atoms with Gasteiger partial charge in [0.2, 0.25) is 5.91 Å². The second-order valence-corrected chi connectivity index (χ2v) is 8.87. The first-order chi connectivity index (χ1) is 14.3. The van der Waals surface area contributed by atoms with Crippen molar-refractivity contribution in [2.45, 2.75) is 39.2 Å². The Hall–Kier alpha value is -2.92. The Bertz CT molecular complexity index is 977. The Morgan fingerprint density at radius 2 is 1.60 bits per heavy atom. The van der Waals surface area contributed by atoms with Crippen LogP contribution in [0.5, 0.6) is 0 Å². The molecule has 0 saturated carbocycles. The average molecular weight is 421 g/mol. The van der Waals surface area contributed by atoms with Gasteiger partial charge in [0.25, 0.3) is 5.91 Å². The number of thiophene rings is 1. The quantitative estimate of drug-likeness (QED) is 0.544. The Kier molecular flexibility index (Phi) is 7.06. The van der Waals surface area contributed by atoms with E-state index in [1.807, 2.05) is 73.0 Å². The van der Waals surface area contributed by atoms with E-state index in [4.69, 9.17) is 0 Å². The highest BCUT2D eigenvalue weighted by Crippen LogP contribution is 2.25. The highest BCUT2D eigenvalue weighted by atomic mass is 32.1. The van der Waals surface area contributed by atoms with Gasteiger partial charge in [-0.3, -0.25) is 9.59 Å². The van der Waals surface area contributed by atoms with E-state index in [2.05, 4.69) is 19.2 Å². The van der Waals surface area contributed by atoms with E-state index in [0.29, 0.717) is 5.92 Å². The molecule has 0 fully saturated rings. The predicted molar refractivity (Wildman–Crippen MR) is 124 cm³/mol. The molecule has 0 radical (unpaired) electrons. The van der Waals surface area contributed by atoms with Crippen LogP contribution in [0.1, 0.15) is 47.4 Å². The molecule has 0 saturated heterocycles. The molecule has 0 spiro atoms. The number of carbonyl (C=O) groups is 2. The summed E-state index contributed by atoms with van der Waals surface area (Å²) in [7, 11) is 1.70. The van der Waals surface area contributed by atoms with Gasteiger partial charge in [0.1, 0.15) is 6.04 Å². The summed E-state index contributed by atoms with van der Waals surface area (Å²) in [6.45, 7) is 6.27. The van der Waals surface area contributed by atoms with E-state index in [0.717, 1.165) is 21.7 Å². The Morgan fingerprint density at radius 3 is 2.17 bits per heavy atom. The fourth-order valence-corrected chi connectivity index (χ4v) is 3.99. The van der Waals surface area contributed by atoms with E-state index in [-0.39, 0.29) is 18.2 Å². The molecule has 2 aromatic carbocycles. The molecule has 1 heterocycles. The fourth-order valence-electron chi connectivity index (χ4n) is 3.29. The van der Waals surface area contributed by atoms with Crippen LogP contribution in [-0.2, 0) is 16.0 Å². The van der Waals surface area contributed by atoms with Crippen LogP contribution in [-0.4, -0.2) is 23.8 Å². The van der Waals surface area contributed by atoms with Crippen molar-refractivity contribution in [2.24, 2.45) is 0 Å². The molecule has 0 aliphatic rings. The summed E-state index contributed by atoms with van der Waals surface area (Å²) in [6, 6.07) is 18.8. The second kappa shape index (κ2) is 9.72. The first-order valence-corrected chi connectivity index (χ1v) is 11.0. The molecule has 1 atom stereocenters. The Balaban J connectivity index is 1.83. The highest BCUT2D eigenvalue weighted by molar-refractivity contribution is 7.10. The maximum absolute atomic E-state index is 13.3. The van der Waals surface area contributed by atoms with Gasteiger partial charge in [0, 0.05) is 17.6 Å². The molecular formula is C25H28N2O2S. The molecule has 30 heavy (non-hydrogen) atoms. The number of rotatable bonds is 7. The van der Waals surface area contributed by atoms with Crippen LogP contribution >= 0.6 is 11.3 Å². The Labute approximate surface area is 182 Å². The number of nitrogens with one attached hydrogen (secondary N) is 1. The molecule has 3 rings (SSSR count). The van der Waals surface area contributed by atoms with E-state index >= 15 is 0 Å². The highest BCUT2D eigenvalue weighted by Gasteiger charge is 2.29. The summed E-state index contributed by atoms with van der Waals surface area (Å²) in [6.07, 6.45) is 0.285. The molecule has 1 aromatic heterocycles. The van der Waals surface area contributed by atoms with Crippen molar-refractivity contribution >= 4 is 28.8 Å². The topological polar surface area (TPSA) is 49.4 Å². The largest absolute Gasteiger partial charge is 0.329 e. The van der Waals surface area contributed by atoms with Crippen LogP contribution in [0.2, 0.25) is 0 Å². The average Bonchev–Trinajstić information content (AvgIpc) is 3.23. The summed E-state index contributed by atoms with van der Waals surface area (Å²) in [5, 5.41) is 4.94. The molecule has 156 valence electrons. The van der Waals surface area contributed by atoms with Gasteiger partial charge in [-0.25, -0.2) is 0 Å². The van der Waals surface area contributed by atoms with Crippen LogP contribution in [0, 0.1) is 6.92 Å². The van der Waals surface area contributed by atoms with E-state index in [1.54, 1.807) is 23.3 Å². The molecule has 5 heteroatoms. The summed E-state index contributed by atoms with van der Waals surface area (Å²) < 4.78 is 0. The van der Waals surface area contributed by atoms with Crippen molar-refractivity contribution in [1.29, 1.82) is 0 Å². The number of carbonyl (C=O) groups excluding carboxylic acids is 2. The summed E-state index contributed by atoms with van der Waals surface area (Å²) in [5.74, 6) is 0.113. The summed E-state index contributed by atoms with van der Waals surface area (Å²) in [4.78, 5) is 28.7. The van der Waals surface area contributed by atoms with Gasteiger partial charge in [-0.2, -0.15) is 0 Å². The number of likely N-dealkylation sites (N-methyl/N-ethyl adjacent to an activating group) is 1. The van der Waals surface area contributed by atoms with Crippen molar-refractivity contribution < 1.29 is 9.59 Å². The number of hydrogen-bond donors (Lipinski definition) is 1. The normalized spacial score (nSPS) is 11.9. The first-order valence-electron chi connectivity index (χ1n) is 10.1. The molecule has 3 aromatic rings. The lowest BCUT2D eigenvalue weighted by molar-refractivity contribution is -0.136. The number of hydrogen-bond acceptors (Lipinski definition) is 3. The number of benzene rings is 2. The molecule has 4 nitrogen and oxygen atoms in total. The zero-order valence-electron chi connectivity index (χ0n) is 17.9. The van der Waals surface area contributed by atoms with Gasteiger partial charge in [0.05, 0.1) is 6.42 Å². The zero-order chi connectivity index (χ0) is 21.7. The molecule has 2 amide bonds. The maximum atomic E-state index is 13.3. The number of anilines is 1. The van der Waals surface area contributed by atoms with Gasteiger partial charge >= 0.3 is 0 Å². The van der Waals surface area contributed by atoms with Crippen LogP contribution in [0.25, 0.3) is 0 Å². The van der Waals surface area contributed by atoms with E-state index in [1.165, 1.54) is 5.56 Å².